The van der Waals surface area contributed by atoms with E-state index in [0.29, 0.717) is 0 Å². The first-order chi connectivity index (χ1) is 9.35. The Kier molecular flexibility index (Phi) is 3.89. The van der Waals surface area contributed by atoms with Crippen molar-refractivity contribution in [2.45, 2.75) is 12.8 Å². The van der Waals surface area contributed by atoms with Crippen LogP contribution in [0.1, 0.15) is 5.82 Å². The number of halogens is 4. The van der Waals surface area contributed by atoms with E-state index in [9.17, 15) is 17.6 Å². The van der Waals surface area contributed by atoms with Crippen LogP contribution in [0.15, 0.2) is 22.7 Å². The molecule has 0 bridgehead atoms. The molecule has 5 nitrogen and oxygen atoms in total. The highest BCUT2D eigenvalue weighted by Gasteiger charge is 2.27. The average Bonchev–Trinajstić information content (AvgIpc) is 2.80. The fourth-order valence-corrected chi connectivity index (χ4v) is 1.35. The summed E-state index contributed by atoms with van der Waals surface area (Å²) in [5, 5.41) is 3.43. The molecule has 1 aromatic carbocycles. The maximum Gasteiger partial charge on any atom is 0.411 e. The second-order valence-electron chi connectivity index (χ2n) is 3.86. The van der Waals surface area contributed by atoms with E-state index in [1.54, 1.807) is 0 Å². The third kappa shape index (κ3) is 3.67. The molecular weight excluding hydrogens is 282 g/mol. The fraction of sp³-hybridized carbons (Fsp3) is 0.273. The molecule has 0 atom stereocenters. The van der Waals surface area contributed by atoms with E-state index in [0.717, 1.165) is 6.07 Å². The second-order valence-corrected chi connectivity index (χ2v) is 3.86. The Morgan fingerprint density at radius 3 is 2.70 bits per heavy atom. The van der Waals surface area contributed by atoms with Gasteiger partial charge in [-0.2, -0.15) is 18.2 Å². The van der Waals surface area contributed by atoms with Crippen LogP contribution in [-0.4, -0.2) is 22.9 Å². The van der Waals surface area contributed by atoms with Gasteiger partial charge in [0.25, 0.3) is 5.89 Å². The normalized spacial score (nSPS) is 11.8. The molecule has 0 saturated carbocycles. The van der Waals surface area contributed by atoms with Crippen LogP contribution in [0.5, 0.6) is 0 Å². The molecule has 0 radical (unpaired) electrons. The summed E-state index contributed by atoms with van der Waals surface area (Å²) < 4.78 is 58.0. The van der Waals surface area contributed by atoms with Crippen LogP contribution in [-0.2, 0) is 11.3 Å². The third-order valence-electron chi connectivity index (χ3n) is 2.21. The van der Waals surface area contributed by atoms with Crippen molar-refractivity contribution in [3.05, 3.63) is 29.8 Å². The van der Waals surface area contributed by atoms with Crippen LogP contribution in [0.3, 0.4) is 0 Å². The minimum absolute atomic E-state index is 0.0329. The van der Waals surface area contributed by atoms with Crippen molar-refractivity contribution >= 4 is 5.69 Å². The lowest BCUT2D eigenvalue weighted by Gasteiger charge is -2.04. The summed E-state index contributed by atoms with van der Waals surface area (Å²) in [6.07, 6.45) is -4.42. The lowest BCUT2D eigenvalue weighted by molar-refractivity contribution is -0.177. The molecule has 0 spiro atoms. The molecule has 0 unspecified atom stereocenters. The Morgan fingerprint density at radius 1 is 1.30 bits per heavy atom. The van der Waals surface area contributed by atoms with Gasteiger partial charge < -0.3 is 15.0 Å². The number of rotatable bonds is 4. The molecule has 20 heavy (non-hydrogen) atoms. The summed E-state index contributed by atoms with van der Waals surface area (Å²) in [6, 6.07) is 3.85. The van der Waals surface area contributed by atoms with Crippen molar-refractivity contribution in [1.29, 1.82) is 0 Å². The van der Waals surface area contributed by atoms with Crippen molar-refractivity contribution in [3.8, 4) is 11.5 Å². The number of benzene rings is 1. The molecular formula is C11H9F4N3O2. The van der Waals surface area contributed by atoms with E-state index >= 15 is 0 Å². The monoisotopic (exact) mass is 291 g/mol. The predicted octanol–water partition coefficient (Wildman–Crippen LogP) is 2.54. The number of aromatic nitrogens is 2. The summed E-state index contributed by atoms with van der Waals surface area (Å²) >= 11 is 0. The maximum absolute atomic E-state index is 13.2. The van der Waals surface area contributed by atoms with E-state index in [-0.39, 0.29) is 23.0 Å². The zero-order valence-electron chi connectivity index (χ0n) is 9.95. The van der Waals surface area contributed by atoms with Gasteiger partial charge in [-0.1, -0.05) is 5.16 Å². The minimum Gasteiger partial charge on any atom is -0.396 e. The predicted molar refractivity (Wildman–Crippen MR) is 59.8 cm³/mol. The summed E-state index contributed by atoms with van der Waals surface area (Å²) in [7, 11) is 0. The first-order valence-corrected chi connectivity index (χ1v) is 5.37. The van der Waals surface area contributed by atoms with E-state index in [1.807, 2.05) is 0 Å². The number of hydrogen-bond acceptors (Lipinski definition) is 5. The molecule has 9 heteroatoms. The Hall–Kier alpha value is -2.16. The van der Waals surface area contributed by atoms with E-state index in [4.69, 9.17) is 10.3 Å². The molecule has 108 valence electrons. The van der Waals surface area contributed by atoms with Crippen LogP contribution < -0.4 is 5.73 Å². The molecule has 1 heterocycles. The smallest absolute Gasteiger partial charge is 0.396 e. The summed E-state index contributed by atoms with van der Waals surface area (Å²) in [4.78, 5) is 3.79. The van der Waals surface area contributed by atoms with Gasteiger partial charge in [-0.3, -0.25) is 0 Å². The zero-order chi connectivity index (χ0) is 14.8. The largest absolute Gasteiger partial charge is 0.411 e. The Labute approximate surface area is 110 Å². The molecule has 2 aromatic rings. The molecule has 0 aliphatic carbocycles. The zero-order valence-corrected chi connectivity index (χ0v) is 9.95. The highest BCUT2D eigenvalue weighted by Crippen LogP contribution is 2.21. The van der Waals surface area contributed by atoms with E-state index in [1.165, 1.54) is 12.1 Å². The number of nitrogens with zero attached hydrogens (tertiary/aromatic N) is 2. The van der Waals surface area contributed by atoms with Crippen LogP contribution in [0.25, 0.3) is 11.5 Å². The van der Waals surface area contributed by atoms with Crippen molar-refractivity contribution < 1.29 is 26.8 Å². The molecule has 2 N–H and O–H groups in total. The number of hydrogen-bond donors (Lipinski definition) is 1. The number of alkyl halides is 3. The van der Waals surface area contributed by atoms with Gasteiger partial charge >= 0.3 is 6.18 Å². The van der Waals surface area contributed by atoms with Crippen molar-refractivity contribution in [1.82, 2.24) is 10.1 Å². The van der Waals surface area contributed by atoms with Gasteiger partial charge in [-0.15, -0.1) is 0 Å². The van der Waals surface area contributed by atoms with Gasteiger partial charge in [0.05, 0.1) is 5.69 Å². The van der Waals surface area contributed by atoms with Gasteiger partial charge in [-0.25, -0.2) is 4.39 Å². The second kappa shape index (κ2) is 5.45. The number of ether oxygens (including phenoxy) is 1. The summed E-state index contributed by atoms with van der Waals surface area (Å²) in [6.45, 7) is -1.87. The number of nitrogen functional groups attached to an aromatic ring is 1. The average molecular weight is 291 g/mol. The molecule has 0 fully saturated rings. The first-order valence-electron chi connectivity index (χ1n) is 5.37. The SMILES string of the molecule is Nc1ccc(-c2nc(COCC(F)(F)F)no2)cc1F. The minimum atomic E-state index is -4.42. The summed E-state index contributed by atoms with van der Waals surface area (Å²) in [5.74, 6) is -0.758. The molecule has 0 aliphatic rings. The first kappa shape index (κ1) is 14.3. The Morgan fingerprint density at radius 2 is 2.05 bits per heavy atom. The van der Waals surface area contributed by atoms with E-state index < -0.39 is 25.2 Å². The lowest BCUT2D eigenvalue weighted by atomic mass is 10.2. The molecule has 2 rings (SSSR count). The Balaban J connectivity index is 2.03. The molecule has 0 aliphatic heterocycles. The van der Waals surface area contributed by atoms with E-state index in [2.05, 4.69) is 14.9 Å². The topological polar surface area (TPSA) is 74.2 Å². The summed E-state index contributed by atoms with van der Waals surface area (Å²) in [5.41, 5.74) is 5.54. The molecule has 0 saturated heterocycles. The van der Waals surface area contributed by atoms with Crippen molar-refractivity contribution in [2.75, 3.05) is 12.3 Å². The fourth-order valence-electron chi connectivity index (χ4n) is 1.35. The maximum atomic E-state index is 13.2. The van der Waals surface area contributed by atoms with Crippen LogP contribution >= 0.6 is 0 Å². The lowest BCUT2D eigenvalue weighted by Crippen LogP contribution is -2.16. The number of nitrogens with two attached hydrogens (primary N) is 1. The van der Waals surface area contributed by atoms with Gasteiger partial charge in [0.1, 0.15) is 19.0 Å². The molecule has 1 aromatic heterocycles. The van der Waals surface area contributed by atoms with Gasteiger partial charge in [0.2, 0.25) is 0 Å². The van der Waals surface area contributed by atoms with Crippen LogP contribution in [0.2, 0.25) is 0 Å². The van der Waals surface area contributed by atoms with Crippen LogP contribution in [0, 0.1) is 5.82 Å². The van der Waals surface area contributed by atoms with Crippen molar-refractivity contribution in [2.24, 2.45) is 0 Å². The quantitative estimate of drug-likeness (QED) is 0.692. The van der Waals surface area contributed by atoms with Gasteiger partial charge in [0, 0.05) is 5.56 Å². The molecule has 0 amide bonds. The number of anilines is 1. The van der Waals surface area contributed by atoms with Gasteiger partial charge in [-0.05, 0) is 18.2 Å². The standard InChI is InChI=1S/C11H9F4N3O2/c12-7-3-6(1-2-8(7)16)10-17-9(18-20-10)4-19-5-11(13,14)15/h1-3H,4-5,16H2. The highest BCUT2D eigenvalue weighted by molar-refractivity contribution is 5.57. The van der Waals surface area contributed by atoms with Crippen LogP contribution in [0.4, 0.5) is 23.2 Å². The third-order valence-corrected chi connectivity index (χ3v) is 2.21. The van der Waals surface area contributed by atoms with Gasteiger partial charge in [0.15, 0.2) is 5.82 Å². The van der Waals surface area contributed by atoms with Crippen molar-refractivity contribution in [3.63, 3.8) is 0 Å². The highest BCUT2D eigenvalue weighted by atomic mass is 19.4. The Bertz CT molecular complexity index is 598.